The highest BCUT2D eigenvalue weighted by molar-refractivity contribution is 6.30. The van der Waals surface area contributed by atoms with Gasteiger partial charge in [0, 0.05) is 23.7 Å². The monoisotopic (exact) mass is 330 g/mol. The van der Waals surface area contributed by atoms with Crippen molar-refractivity contribution in [1.82, 2.24) is 4.90 Å². The van der Waals surface area contributed by atoms with E-state index in [4.69, 9.17) is 22.1 Å². The van der Waals surface area contributed by atoms with E-state index in [9.17, 15) is 0 Å². The maximum absolute atomic E-state index is 6.14. The molecule has 1 aliphatic carbocycles. The molecule has 0 bridgehead atoms. The molecule has 5 heteroatoms. The molecule has 0 radical (unpaired) electrons. The lowest BCUT2D eigenvalue weighted by Gasteiger charge is -2.19. The minimum atomic E-state index is 0. The quantitative estimate of drug-likeness (QED) is 0.869. The molecular weight excluding hydrogens is 307 g/mol. The van der Waals surface area contributed by atoms with Gasteiger partial charge < -0.3 is 10.5 Å². The Hall–Kier alpha value is -0.480. The highest BCUT2D eigenvalue weighted by atomic mass is 35.5. The number of ether oxygens (including phenoxy) is 1. The number of halogens is 2. The summed E-state index contributed by atoms with van der Waals surface area (Å²) in [5.74, 6) is 2.41. The summed E-state index contributed by atoms with van der Waals surface area (Å²) in [6.45, 7) is 4.76. The molecule has 1 aromatic carbocycles. The summed E-state index contributed by atoms with van der Waals surface area (Å²) in [7, 11) is 0. The van der Waals surface area contributed by atoms with Gasteiger partial charge in [0.05, 0.1) is 6.61 Å². The van der Waals surface area contributed by atoms with Gasteiger partial charge in [-0.15, -0.1) is 12.4 Å². The van der Waals surface area contributed by atoms with Crippen molar-refractivity contribution in [3.05, 3.63) is 28.8 Å². The number of hydrogen-bond acceptors (Lipinski definition) is 3. The summed E-state index contributed by atoms with van der Waals surface area (Å²) in [6, 6.07) is 5.97. The van der Waals surface area contributed by atoms with Crippen molar-refractivity contribution < 1.29 is 4.74 Å². The maximum Gasteiger partial charge on any atom is 0.123 e. The standard InChI is InChI=1S/C16H23ClN2O.ClH/c17-15-3-4-16(20-11-12-1-2-12)14(7-15)10-19-6-5-13(8-18)9-19;/h3-4,7,12-13H,1-2,5-6,8-11,18H2;1H. The summed E-state index contributed by atoms with van der Waals surface area (Å²) >= 11 is 6.14. The van der Waals surface area contributed by atoms with Crippen LogP contribution in [0.2, 0.25) is 5.02 Å². The fraction of sp³-hybridized carbons (Fsp3) is 0.625. The van der Waals surface area contributed by atoms with E-state index in [1.165, 1.54) is 24.8 Å². The van der Waals surface area contributed by atoms with Crippen molar-refractivity contribution in [2.45, 2.75) is 25.8 Å². The van der Waals surface area contributed by atoms with Crippen LogP contribution in [0, 0.1) is 11.8 Å². The molecular formula is C16H24Cl2N2O. The van der Waals surface area contributed by atoms with E-state index < -0.39 is 0 Å². The second kappa shape index (κ2) is 7.68. The molecule has 3 nitrogen and oxygen atoms in total. The summed E-state index contributed by atoms with van der Waals surface area (Å²) in [6.07, 6.45) is 3.83. The number of likely N-dealkylation sites (tertiary alicyclic amines) is 1. The summed E-state index contributed by atoms with van der Waals surface area (Å²) in [5.41, 5.74) is 6.96. The van der Waals surface area contributed by atoms with Crippen molar-refractivity contribution in [3.63, 3.8) is 0 Å². The Morgan fingerprint density at radius 1 is 1.24 bits per heavy atom. The first kappa shape index (κ1) is 16.9. The molecule has 0 spiro atoms. The van der Waals surface area contributed by atoms with Crippen molar-refractivity contribution >= 4 is 24.0 Å². The Balaban J connectivity index is 0.00000161. The number of rotatable bonds is 6. The zero-order chi connectivity index (χ0) is 13.9. The van der Waals surface area contributed by atoms with E-state index in [-0.39, 0.29) is 12.4 Å². The van der Waals surface area contributed by atoms with Gasteiger partial charge in [-0.2, -0.15) is 0 Å². The molecule has 0 amide bonds. The van der Waals surface area contributed by atoms with E-state index in [1.54, 1.807) is 0 Å². The van der Waals surface area contributed by atoms with Gasteiger partial charge in [-0.1, -0.05) is 11.6 Å². The molecule has 1 aromatic rings. The van der Waals surface area contributed by atoms with E-state index >= 15 is 0 Å². The van der Waals surface area contributed by atoms with Crippen molar-refractivity contribution in [1.29, 1.82) is 0 Å². The zero-order valence-electron chi connectivity index (χ0n) is 12.3. The lowest BCUT2D eigenvalue weighted by Crippen LogP contribution is -2.23. The fourth-order valence-corrected chi connectivity index (χ4v) is 2.99. The summed E-state index contributed by atoms with van der Waals surface area (Å²) in [5, 5.41) is 0.786. The minimum absolute atomic E-state index is 0. The normalized spacial score (nSPS) is 22.1. The third-order valence-electron chi connectivity index (χ3n) is 4.29. The van der Waals surface area contributed by atoms with Gasteiger partial charge in [0.1, 0.15) is 5.75 Å². The van der Waals surface area contributed by atoms with Crippen LogP contribution < -0.4 is 10.5 Å². The fourth-order valence-electron chi connectivity index (χ4n) is 2.79. The zero-order valence-corrected chi connectivity index (χ0v) is 13.8. The Kier molecular flexibility index (Phi) is 6.18. The molecule has 118 valence electrons. The van der Waals surface area contributed by atoms with Crippen LogP contribution in [0.15, 0.2) is 18.2 Å². The molecule has 1 saturated heterocycles. The smallest absolute Gasteiger partial charge is 0.123 e. The van der Waals surface area contributed by atoms with Gasteiger partial charge in [-0.3, -0.25) is 4.90 Å². The predicted octanol–water partition coefficient (Wildman–Crippen LogP) is 3.33. The molecule has 1 unspecified atom stereocenters. The second-order valence-corrected chi connectivity index (χ2v) is 6.57. The largest absolute Gasteiger partial charge is 0.493 e. The SMILES string of the molecule is Cl.NCC1CCN(Cc2cc(Cl)ccc2OCC2CC2)C1. The first-order valence-electron chi connectivity index (χ1n) is 7.58. The van der Waals surface area contributed by atoms with Crippen LogP contribution in [0.1, 0.15) is 24.8 Å². The van der Waals surface area contributed by atoms with Crippen LogP contribution in [0.25, 0.3) is 0 Å². The number of benzene rings is 1. The topological polar surface area (TPSA) is 38.5 Å². The Labute approximate surface area is 138 Å². The molecule has 1 aliphatic heterocycles. The second-order valence-electron chi connectivity index (χ2n) is 6.13. The minimum Gasteiger partial charge on any atom is -0.493 e. The first-order valence-corrected chi connectivity index (χ1v) is 7.96. The van der Waals surface area contributed by atoms with Crippen LogP contribution in [-0.4, -0.2) is 31.1 Å². The molecule has 2 fully saturated rings. The molecule has 1 heterocycles. The van der Waals surface area contributed by atoms with Crippen LogP contribution in [0.5, 0.6) is 5.75 Å². The van der Waals surface area contributed by atoms with E-state index in [1.807, 2.05) is 18.2 Å². The third kappa shape index (κ3) is 4.75. The molecule has 1 saturated carbocycles. The number of nitrogens with zero attached hydrogens (tertiary/aromatic N) is 1. The van der Waals surface area contributed by atoms with Crippen LogP contribution in [0.3, 0.4) is 0 Å². The third-order valence-corrected chi connectivity index (χ3v) is 4.53. The van der Waals surface area contributed by atoms with Gasteiger partial charge in [-0.25, -0.2) is 0 Å². The van der Waals surface area contributed by atoms with E-state index in [0.717, 1.165) is 49.5 Å². The Bertz CT molecular complexity index is 466. The van der Waals surface area contributed by atoms with Gasteiger partial charge in [0.2, 0.25) is 0 Å². The van der Waals surface area contributed by atoms with Crippen molar-refractivity contribution in [2.75, 3.05) is 26.2 Å². The van der Waals surface area contributed by atoms with Gasteiger partial charge >= 0.3 is 0 Å². The lowest BCUT2D eigenvalue weighted by molar-refractivity contribution is 0.279. The average Bonchev–Trinajstić information content (AvgIpc) is 3.16. The van der Waals surface area contributed by atoms with E-state index in [0.29, 0.717) is 5.92 Å². The van der Waals surface area contributed by atoms with Gasteiger partial charge in [-0.05, 0) is 62.4 Å². The van der Waals surface area contributed by atoms with Crippen molar-refractivity contribution in [2.24, 2.45) is 17.6 Å². The predicted molar refractivity (Wildman–Crippen MR) is 89.4 cm³/mol. The maximum atomic E-state index is 6.14. The molecule has 3 rings (SSSR count). The Morgan fingerprint density at radius 2 is 2.05 bits per heavy atom. The summed E-state index contributed by atoms with van der Waals surface area (Å²) in [4.78, 5) is 2.45. The van der Waals surface area contributed by atoms with Gasteiger partial charge in [0.15, 0.2) is 0 Å². The highest BCUT2D eigenvalue weighted by Gasteiger charge is 2.24. The summed E-state index contributed by atoms with van der Waals surface area (Å²) < 4.78 is 5.97. The van der Waals surface area contributed by atoms with Crippen LogP contribution in [0.4, 0.5) is 0 Å². The highest BCUT2D eigenvalue weighted by Crippen LogP contribution is 2.32. The molecule has 2 aliphatic rings. The van der Waals surface area contributed by atoms with E-state index in [2.05, 4.69) is 4.90 Å². The molecule has 1 atom stereocenters. The molecule has 2 N–H and O–H groups in total. The number of nitrogens with two attached hydrogens (primary N) is 1. The average molecular weight is 331 g/mol. The first-order chi connectivity index (χ1) is 9.74. The van der Waals surface area contributed by atoms with Gasteiger partial charge in [0.25, 0.3) is 0 Å². The molecule has 0 aromatic heterocycles. The van der Waals surface area contributed by atoms with Crippen LogP contribution >= 0.6 is 24.0 Å². The van der Waals surface area contributed by atoms with Crippen LogP contribution in [-0.2, 0) is 6.54 Å². The van der Waals surface area contributed by atoms with Crippen molar-refractivity contribution in [3.8, 4) is 5.75 Å². The molecule has 21 heavy (non-hydrogen) atoms. The number of hydrogen-bond donors (Lipinski definition) is 1. The Morgan fingerprint density at radius 3 is 2.71 bits per heavy atom. The lowest BCUT2D eigenvalue weighted by atomic mass is 10.1.